The van der Waals surface area contributed by atoms with Crippen molar-refractivity contribution in [2.45, 2.75) is 54.3 Å². The lowest BCUT2D eigenvalue weighted by Gasteiger charge is -2.15. The van der Waals surface area contributed by atoms with E-state index < -0.39 is 23.7 Å². The van der Waals surface area contributed by atoms with Crippen LogP contribution in [0.1, 0.15) is 33.3 Å². The number of benzene rings is 1. The molecule has 0 fully saturated rings. The van der Waals surface area contributed by atoms with E-state index in [2.05, 4.69) is 10.3 Å². The number of amides is 1. The maximum absolute atomic E-state index is 13.3. The van der Waals surface area contributed by atoms with E-state index in [4.69, 9.17) is 16.3 Å². The monoisotopic (exact) mass is 475 g/mol. The van der Waals surface area contributed by atoms with Crippen molar-refractivity contribution in [2.75, 3.05) is 12.4 Å². The standard InChI is InChI=1S/C23H30ClN5O4/c1-13(2)9-27-12-25-21-20(27)22(31)29(23(32)28(21)10-14(3)4)11-19(30)26-17-7-15(5)16(24)8-18(17)33-6/h7-8,12-14H,9-11H2,1-6H3,(H,26,30). The molecular formula is C23H30ClN5O4. The predicted octanol–water partition coefficient (Wildman–Crippen LogP) is 3.28. The Labute approximate surface area is 196 Å². The van der Waals surface area contributed by atoms with Crippen LogP contribution in [0.4, 0.5) is 5.69 Å². The molecule has 0 saturated carbocycles. The molecular weight excluding hydrogens is 446 g/mol. The molecule has 0 aliphatic rings. The minimum Gasteiger partial charge on any atom is -0.495 e. The highest BCUT2D eigenvalue weighted by molar-refractivity contribution is 6.31. The van der Waals surface area contributed by atoms with Crippen LogP contribution in [0.2, 0.25) is 5.02 Å². The van der Waals surface area contributed by atoms with Gasteiger partial charge in [-0.1, -0.05) is 39.3 Å². The molecule has 3 rings (SSSR count). The molecule has 1 amide bonds. The highest BCUT2D eigenvalue weighted by Crippen LogP contribution is 2.30. The maximum atomic E-state index is 13.3. The van der Waals surface area contributed by atoms with Crippen molar-refractivity contribution in [3.63, 3.8) is 0 Å². The molecule has 1 aromatic carbocycles. The van der Waals surface area contributed by atoms with E-state index in [9.17, 15) is 14.4 Å². The number of rotatable bonds is 8. The van der Waals surface area contributed by atoms with Crippen LogP contribution in [-0.2, 0) is 24.4 Å². The molecule has 9 nitrogen and oxygen atoms in total. The molecule has 10 heteroatoms. The van der Waals surface area contributed by atoms with Crippen LogP contribution in [0.15, 0.2) is 28.0 Å². The summed E-state index contributed by atoms with van der Waals surface area (Å²) in [5.74, 6) is 0.264. The van der Waals surface area contributed by atoms with Crippen LogP contribution in [0.25, 0.3) is 11.2 Å². The van der Waals surface area contributed by atoms with Crippen molar-refractivity contribution in [1.82, 2.24) is 18.7 Å². The zero-order valence-electron chi connectivity index (χ0n) is 19.8. The first-order valence-corrected chi connectivity index (χ1v) is 11.2. The van der Waals surface area contributed by atoms with Crippen LogP contribution in [-0.4, -0.2) is 31.7 Å². The number of ether oxygens (including phenoxy) is 1. The van der Waals surface area contributed by atoms with Crippen molar-refractivity contribution in [3.05, 3.63) is 49.9 Å². The van der Waals surface area contributed by atoms with Crippen LogP contribution >= 0.6 is 11.6 Å². The molecule has 0 spiro atoms. The fraction of sp³-hybridized carbons (Fsp3) is 0.478. The molecule has 1 N–H and O–H groups in total. The molecule has 0 atom stereocenters. The highest BCUT2D eigenvalue weighted by atomic mass is 35.5. The lowest BCUT2D eigenvalue weighted by molar-refractivity contribution is -0.116. The van der Waals surface area contributed by atoms with Crippen LogP contribution in [0.5, 0.6) is 5.75 Å². The first-order valence-electron chi connectivity index (χ1n) is 10.9. The number of hydrogen-bond acceptors (Lipinski definition) is 5. The van der Waals surface area contributed by atoms with Gasteiger partial charge in [0.05, 0.1) is 19.1 Å². The van der Waals surface area contributed by atoms with E-state index in [1.807, 2.05) is 27.7 Å². The summed E-state index contributed by atoms with van der Waals surface area (Å²) in [5, 5.41) is 3.23. The van der Waals surface area contributed by atoms with E-state index in [1.165, 1.54) is 11.7 Å². The number of methoxy groups -OCH3 is 1. The molecule has 0 saturated heterocycles. The molecule has 33 heavy (non-hydrogen) atoms. The average molecular weight is 476 g/mol. The van der Waals surface area contributed by atoms with Crippen LogP contribution < -0.4 is 21.3 Å². The van der Waals surface area contributed by atoms with Gasteiger partial charge in [0.25, 0.3) is 5.56 Å². The number of imidazole rings is 1. The zero-order valence-corrected chi connectivity index (χ0v) is 20.6. The summed E-state index contributed by atoms with van der Waals surface area (Å²) in [6, 6.07) is 3.28. The Kier molecular flexibility index (Phi) is 7.31. The van der Waals surface area contributed by atoms with Crippen LogP contribution in [0, 0.1) is 18.8 Å². The third-order valence-electron chi connectivity index (χ3n) is 5.15. The fourth-order valence-electron chi connectivity index (χ4n) is 3.70. The minimum atomic E-state index is -0.564. The molecule has 0 aliphatic heterocycles. The average Bonchev–Trinajstić information content (AvgIpc) is 3.13. The van der Waals surface area contributed by atoms with Gasteiger partial charge in [-0.3, -0.25) is 14.2 Å². The normalized spacial score (nSPS) is 11.5. The van der Waals surface area contributed by atoms with Gasteiger partial charge in [0.2, 0.25) is 5.91 Å². The third kappa shape index (κ3) is 5.13. The van der Waals surface area contributed by atoms with Crippen molar-refractivity contribution < 1.29 is 9.53 Å². The number of nitrogens with one attached hydrogen (secondary N) is 1. The van der Waals surface area contributed by atoms with Gasteiger partial charge in [0.15, 0.2) is 11.2 Å². The van der Waals surface area contributed by atoms with Crippen molar-refractivity contribution in [2.24, 2.45) is 11.8 Å². The molecule has 0 unspecified atom stereocenters. The quantitative estimate of drug-likeness (QED) is 0.539. The largest absolute Gasteiger partial charge is 0.495 e. The smallest absolute Gasteiger partial charge is 0.333 e. The predicted molar refractivity (Wildman–Crippen MR) is 129 cm³/mol. The molecule has 0 radical (unpaired) electrons. The molecule has 0 aliphatic carbocycles. The van der Waals surface area contributed by atoms with Crippen LogP contribution in [0.3, 0.4) is 0 Å². The van der Waals surface area contributed by atoms with Crippen molar-refractivity contribution in [1.29, 1.82) is 0 Å². The number of halogens is 1. The Bertz CT molecular complexity index is 1300. The van der Waals surface area contributed by atoms with Gasteiger partial charge in [-0.2, -0.15) is 0 Å². The summed E-state index contributed by atoms with van der Waals surface area (Å²) in [4.78, 5) is 43.8. The van der Waals surface area contributed by atoms with Gasteiger partial charge in [-0.15, -0.1) is 0 Å². The van der Waals surface area contributed by atoms with Gasteiger partial charge >= 0.3 is 5.69 Å². The summed E-state index contributed by atoms with van der Waals surface area (Å²) < 4.78 is 9.48. The molecule has 2 heterocycles. The topological polar surface area (TPSA) is 100 Å². The molecule has 0 bridgehead atoms. The van der Waals surface area contributed by atoms with Crippen molar-refractivity contribution in [3.8, 4) is 5.75 Å². The van der Waals surface area contributed by atoms with E-state index >= 15 is 0 Å². The third-order valence-corrected chi connectivity index (χ3v) is 5.56. The second kappa shape index (κ2) is 9.82. The van der Waals surface area contributed by atoms with Gasteiger partial charge in [0, 0.05) is 24.2 Å². The zero-order chi connectivity index (χ0) is 24.4. The Balaban J connectivity index is 2.07. The van der Waals surface area contributed by atoms with Gasteiger partial charge in [0.1, 0.15) is 12.3 Å². The maximum Gasteiger partial charge on any atom is 0.333 e. The molecule has 178 valence electrons. The summed E-state index contributed by atoms with van der Waals surface area (Å²) in [6.07, 6.45) is 1.58. The first-order chi connectivity index (χ1) is 15.5. The number of aryl methyl sites for hydroxylation is 1. The number of aromatic nitrogens is 4. The Hall–Kier alpha value is -3.07. The number of nitrogens with zero attached hydrogens (tertiary/aromatic N) is 4. The highest BCUT2D eigenvalue weighted by Gasteiger charge is 2.21. The van der Waals surface area contributed by atoms with E-state index in [0.29, 0.717) is 40.7 Å². The SMILES string of the molecule is COc1cc(Cl)c(C)cc1NC(=O)Cn1c(=O)c2c(ncn2CC(C)C)n(CC(C)C)c1=O. The Morgan fingerprint density at radius 3 is 2.39 bits per heavy atom. The number of hydrogen-bond donors (Lipinski definition) is 1. The fourth-order valence-corrected chi connectivity index (χ4v) is 3.86. The van der Waals surface area contributed by atoms with E-state index in [1.54, 1.807) is 30.0 Å². The lowest BCUT2D eigenvalue weighted by Crippen LogP contribution is -2.43. The lowest BCUT2D eigenvalue weighted by atomic mass is 10.2. The summed E-state index contributed by atoms with van der Waals surface area (Å²) in [5.41, 5.74) is 0.713. The van der Waals surface area contributed by atoms with Gasteiger partial charge in [-0.05, 0) is 30.4 Å². The van der Waals surface area contributed by atoms with Gasteiger partial charge < -0.3 is 14.6 Å². The van der Waals surface area contributed by atoms with E-state index in [-0.39, 0.29) is 11.8 Å². The summed E-state index contributed by atoms with van der Waals surface area (Å²) in [6.45, 7) is 10.3. The summed E-state index contributed by atoms with van der Waals surface area (Å²) >= 11 is 6.14. The number of anilines is 1. The number of fused-ring (bicyclic) bond motifs is 1. The molecule has 2 aromatic heterocycles. The number of carbonyl (C=O) groups excluding carboxylic acids is 1. The second-order valence-electron chi connectivity index (χ2n) is 8.99. The van der Waals surface area contributed by atoms with Gasteiger partial charge in [-0.25, -0.2) is 14.3 Å². The summed E-state index contributed by atoms with van der Waals surface area (Å²) in [7, 11) is 1.47. The Morgan fingerprint density at radius 1 is 1.12 bits per heavy atom. The molecule has 3 aromatic rings. The van der Waals surface area contributed by atoms with Crippen molar-refractivity contribution >= 4 is 34.4 Å². The number of carbonyl (C=O) groups is 1. The first kappa shape index (κ1) is 24.6. The Morgan fingerprint density at radius 2 is 1.79 bits per heavy atom. The minimum absolute atomic E-state index is 0.141. The van der Waals surface area contributed by atoms with E-state index in [0.717, 1.165) is 10.1 Å². The second-order valence-corrected chi connectivity index (χ2v) is 9.40.